The number of carbonyl (C=O) groups is 1. The summed E-state index contributed by atoms with van der Waals surface area (Å²) in [5, 5.41) is 3.55. The number of nitrogens with zero attached hydrogens (tertiary/aromatic N) is 2. The molecule has 1 atom stereocenters. The highest BCUT2D eigenvalue weighted by Crippen LogP contribution is 2.35. The number of halogens is 3. The predicted octanol–water partition coefficient (Wildman–Crippen LogP) is 6.08. The van der Waals surface area contributed by atoms with Gasteiger partial charge in [-0.25, -0.2) is 0 Å². The first-order valence-corrected chi connectivity index (χ1v) is 10.8. The molecular weight excluding hydrogens is 443 g/mol. The lowest BCUT2D eigenvalue weighted by atomic mass is 9.99. The van der Waals surface area contributed by atoms with Gasteiger partial charge in [-0.1, -0.05) is 25.1 Å². The topological polar surface area (TPSA) is 63.6 Å². The number of allylic oxidation sites excluding steroid dienone is 1. The fraction of sp³-hybridized carbons (Fsp3) is 0.269. The highest BCUT2D eigenvalue weighted by Gasteiger charge is 2.30. The number of methoxy groups -OCH3 is 1. The summed E-state index contributed by atoms with van der Waals surface area (Å²) < 4.78 is 44.2. The van der Waals surface area contributed by atoms with Crippen LogP contribution in [0.3, 0.4) is 0 Å². The summed E-state index contributed by atoms with van der Waals surface area (Å²) in [4.78, 5) is 21.6. The number of aromatic nitrogens is 1. The molecule has 1 amide bonds. The van der Waals surface area contributed by atoms with Crippen LogP contribution in [-0.2, 0) is 6.18 Å². The van der Waals surface area contributed by atoms with Crippen molar-refractivity contribution in [2.24, 2.45) is 4.99 Å². The number of aliphatic imine (C=N–C) groups is 1. The van der Waals surface area contributed by atoms with Gasteiger partial charge in [-0.15, -0.1) is 0 Å². The average Bonchev–Trinajstić information content (AvgIpc) is 2.82. The second kappa shape index (κ2) is 10.5. The number of fused-ring (bicyclic) bond motifs is 1. The number of alkyl halides is 3. The maximum Gasteiger partial charge on any atom is 0.416 e. The summed E-state index contributed by atoms with van der Waals surface area (Å²) in [5.41, 5.74) is 2.08. The summed E-state index contributed by atoms with van der Waals surface area (Å²) in [6.45, 7) is 3.86. The average molecular weight is 470 g/mol. The van der Waals surface area contributed by atoms with E-state index in [1.54, 1.807) is 25.2 Å². The fourth-order valence-corrected chi connectivity index (χ4v) is 3.53. The number of pyridine rings is 1. The third-order valence-electron chi connectivity index (χ3n) is 5.35. The van der Waals surface area contributed by atoms with E-state index >= 15 is 0 Å². The minimum atomic E-state index is -4.42. The largest absolute Gasteiger partial charge is 0.497 e. The van der Waals surface area contributed by atoms with Gasteiger partial charge in [-0.05, 0) is 55.3 Å². The zero-order valence-corrected chi connectivity index (χ0v) is 19.4. The van der Waals surface area contributed by atoms with E-state index in [1.165, 1.54) is 25.4 Å². The fourth-order valence-electron chi connectivity index (χ4n) is 3.53. The van der Waals surface area contributed by atoms with Crippen molar-refractivity contribution in [3.05, 3.63) is 71.9 Å². The van der Waals surface area contributed by atoms with Crippen molar-refractivity contribution in [1.82, 2.24) is 10.3 Å². The Labute approximate surface area is 196 Å². The Balaban J connectivity index is 1.97. The molecule has 0 radical (unpaired) electrons. The number of hydrogen-bond donors (Lipinski definition) is 1. The van der Waals surface area contributed by atoms with E-state index < -0.39 is 11.7 Å². The molecule has 5 nitrogen and oxygen atoms in total. The number of carbonyl (C=O) groups excluding carboxylic acids is 1. The van der Waals surface area contributed by atoms with Crippen LogP contribution in [0.25, 0.3) is 22.0 Å². The zero-order chi connectivity index (χ0) is 24.9. The van der Waals surface area contributed by atoms with Crippen LogP contribution in [0.4, 0.5) is 13.2 Å². The summed E-state index contributed by atoms with van der Waals surface area (Å²) >= 11 is 0. The van der Waals surface area contributed by atoms with Gasteiger partial charge in [0.25, 0.3) is 5.91 Å². The molecule has 0 bridgehead atoms. The third kappa shape index (κ3) is 5.62. The van der Waals surface area contributed by atoms with Gasteiger partial charge in [-0.3, -0.25) is 14.8 Å². The predicted molar refractivity (Wildman–Crippen MR) is 128 cm³/mol. The lowest BCUT2D eigenvalue weighted by molar-refractivity contribution is -0.137. The van der Waals surface area contributed by atoms with Crippen molar-refractivity contribution in [3.8, 4) is 16.9 Å². The van der Waals surface area contributed by atoms with Crippen LogP contribution in [0.2, 0.25) is 0 Å². The summed E-state index contributed by atoms with van der Waals surface area (Å²) in [5.74, 6) is 0.187. The van der Waals surface area contributed by atoms with Crippen LogP contribution in [0.1, 0.15) is 36.2 Å². The van der Waals surface area contributed by atoms with Crippen molar-refractivity contribution in [2.45, 2.75) is 32.5 Å². The van der Waals surface area contributed by atoms with E-state index in [4.69, 9.17) is 4.74 Å². The molecule has 0 aliphatic carbocycles. The van der Waals surface area contributed by atoms with Crippen molar-refractivity contribution >= 4 is 22.5 Å². The van der Waals surface area contributed by atoms with Crippen molar-refractivity contribution in [1.29, 1.82) is 0 Å². The Kier molecular flexibility index (Phi) is 7.71. The van der Waals surface area contributed by atoms with E-state index in [1.807, 2.05) is 26.0 Å². The Morgan fingerprint density at radius 3 is 2.50 bits per heavy atom. The highest BCUT2D eigenvalue weighted by atomic mass is 19.4. The highest BCUT2D eigenvalue weighted by molar-refractivity contribution is 6.05. The molecule has 0 saturated carbocycles. The van der Waals surface area contributed by atoms with Gasteiger partial charge < -0.3 is 10.1 Å². The maximum absolute atomic E-state index is 13.0. The number of rotatable bonds is 7. The second-order valence-electron chi connectivity index (χ2n) is 7.70. The first-order valence-electron chi connectivity index (χ1n) is 10.8. The molecule has 8 heteroatoms. The molecule has 1 heterocycles. The van der Waals surface area contributed by atoms with Gasteiger partial charge in [0.1, 0.15) is 5.75 Å². The second-order valence-corrected chi connectivity index (χ2v) is 7.70. The van der Waals surface area contributed by atoms with Gasteiger partial charge in [0.05, 0.1) is 35.5 Å². The molecule has 178 valence electrons. The molecule has 0 aliphatic rings. The molecule has 2 aromatic carbocycles. The van der Waals surface area contributed by atoms with Gasteiger partial charge in [-0.2, -0.15) is 13.2 Å². The molecule has 0 fully saturated rings. The molecule has 34 heavy (non-hydrogen) atoms. The zero-order valence-electron chi connectivity index (χ0n) is 19.4. The van der Waals surface area contributed by atoms with E-state index in [9.17, 15) is 18.0 Å². The number of hydrogen-bond acceptors (Lipinski definition) is 4. The molecule has 0 saturated heterocycles. The smallest absolute Gasteiger partial charge is 0.416 e. The molecule has 1 N–H and O–H groups in total. The normalized spacial score (nSPS) is 13.3. The lowest BCUT2D eigenvalue weighted by Crippen LogP contribution is -2.37. The van der Waals surface area contributed by atoms with Crippen molar-refractivity contribution in [3.63, 3.8) is 0 Å². The number of benzene rings is 2. The maximum atomic E-state index is 13.0. The van der Waals surface area contributed by atoms with Crippen LogP contribution in [-0.4, -0.2) is 36.8 Å². The minimum Gasteiger partial charge on any atom is -0.497 e. The van der Waals surface area contributed by atoms with Gasteiger partial charge in [0.2, 0.25) is 0 Å². The molecule has 0 aliphatic heterocycles. The van der Waals surface area contributed by atoms with Gasteiger partial charge in [0, 0.05) is 24.2 Å². The molecule has 1 unspecified atom stereocenters. The molecule has 0 spiro atoms. The monoisotopic (exact) mass is 469 g/mol. The molecule has 1 aromatic heterocycles. The van der Waals surface area contributed by atoms with Crippen molar-refractivity contribution < 1.29 is 22.7 Å². The summed E-state index contributed by atoms with van der Waals surface area (Å²) in [7, 11) is 3.17. The SMILES string of the molecule is CC/C=C\C(=NC)C(C)NC(=O)c1cnc2c(-c3ccc(C(F)(F)F)cc3)cc(OC)cc2c1. The molecule has 3 aromatic rings. The van der Waals surface area contributed by atoms with E-state index in [0.717, 1.165) is 24.3 Å². The Morgan fingerprint density at radius 1 is 1.21 bits per heavy atom. The summed E-state index contributed by atoms with van der Waals surface area (Å²) in [6, 6.07) is 9.69. The molecule has 3 rings (SSSR count). The quantitative estimate of drug-likeness (QED) is 0.426. The lowest BCUT2D eigenvalue weighted by Gasteiger charge is -2.15. The number of nitrogens with one attached hydrogen (secondary N) is 1. The Bertz CT molecular complexity index is 1230. The van der Waals surface area contributed by atoms with Crippen LogP contribution in [0.5, 0.6) is 5.75 Å². The Morgan fingerprint density at radius 2 is 1.91 bits per heavy atom. The van der Waals surface area contributed by atoms with E-state index in [2.05, 4.69) is 15.3 Å². The standard InChI is InChI=1S/C26H26F3N3O2/c1-5-6-7-23(30-3)16(2)32-25(33)19-12-18-13-21(34-4)14-22(24(18)31-15-19)17-8-10-20(11-9-17)26(27,28)29/h6-16H,5H2,1-4H3,(H,32,33)/b7-6-,30-23?. The third-order valence-corrected chi connectivity index (χ3v) is 5.35. The van der Waals surface area contributed by atoms with Crippen molar-refractivity contribution in [2.75, 3.05) is 14.2 Å². The first-order chi connectivity index (χ1) is 16.2. The van der Waals surface area contributed by atoms with Crippen LogP contribution in [0.15, 0.2) is 65.8 Å². The van der Waals surface area contributed by atoms with Gasteiger partial charge in [0.15, 0.2) is 0 Å². The van der Waals surface area contributed by atoms with E-state index in [-0.39, 0.29) is 11.9 Å². The first kappa shape index (κ1) is 25.0. The summed E-state index contributed by atoms with van der Waals surface area (Å²) in [6.07, 6.45) is 1.75. The van der Waals surface area contributed by atoms with E-state index in [0.29, 0.717) is 33.3 Å². The Hall–Kier alpha value is -3.68. The van der Waals surface area contributed by atoms with Crippen LogP contribution >= 0.6 is 0 Å². The minimum absolute atomic E-state index is 0.302. The van der Waals surface area contributed by atoms with Crippen LogP contribution in [0, 0.1) is 0 Å². The number of amides is 1. The molecular formula is C26H26F3N3O2. The van der Waals surface area contributed by atoms with Gasteiger partial charge >= 0.3 is 6.18 Å². The number of ether oxygens (including phenoxy) is 1. The van der Waals surface area contributed by atoms with Crippen LogP contribution < -0.4 is 10.1 Å².